The molecule has 38 heavy (non-hydrogen) atoms. The van der Waals surface area contributed by atoms with E-state index < -0.39 is 11.8 Å². The minimum Gasteiger partial charge on any atom is -0.317 e. The molecule has 0 aliphatic rings. The van der Waals surface area contributed by atoms with Gasteiger partial charge in [-0.25, -0.2) is 10.1 Å². The van der Waals surface area contributed by atoms with Gasteiger partial charge in [0, 0.05) is 18.3 Å². The number of carbonyl (C=O) groups is 2. The van der Waals surface area contributed by atoms with E-state index in [0.29, 0.717) is 22.5 Å². The third-order valence-electron chi connectivity index (χ3n) is 5.84. The van der Waals surface area contributed by atoms with Gasteiger partial charge in [-0.1, -0.05) is 78.9 Å². The minimum atomic E-state index is -0.639. The predicted octanol–water partition coefficient (Wildman–Crippen LogP) is 3.96. The quantitative estimate of drug-likeness (QED) is 0.164. The van der Waals surface area contributed by atoms with Crippen molar-refractivity contribution >= 4 is 24.1 Å². The third-order valence-corrected chi connectivity index (χ3v) is 5.84. The van der Waals surface area contributed by atoms with Crippen LogP contribution in [0.4, 0.5) is 0 Å². The lowest BCUT2D eigenvalue weighted by Gasteiger charge is -2.08. The number of rotatable bonds is 8. The van der Waals surface area contributed by atoms with Crippen molar-refractivity contribution in [2.45, 2.75) is 6.92 Å². The molecule has 0 radical (unpaired) electrons. The standard InChI is InChI=1S/C30H27N5O3/c1-22-26(30(38)35(34(22)2)25-18-10-5-11-19-25)21-31-33-29(37)27(20-12-15-23-13-6-3-7-14-23)32-28(36)24-16-8-4-9-17-24/h3-21H,1-2H3,(H,32,36)(H,33,37). The first kappa shape index (κ1) is 25.8. The summed E-state index contributed by atoms with van der Waals surface area (Å²) in [5.74, 6) is -1.08. The van der Waals surface area contributed by atoms with Crippen LogP contribution in [-0.2, 0) is 11.8 Å². The first-order valence-electron chi connectivity index (χ1n) is 11.9. The predicted molar refractivity (Wildman–Crippen MR) is 149 cm³/mol. The number of hydrogen-bond acceptors (Lipinski definition) is 4. The van der Waals surface area contributed by atoms with Crippen LogP contribution in [0.1, 0.15) is 27.2 Å². The lowest BCUT2D eigenvalue weighted by Crippen LogP contribution is -2.33. The number of allylic oxidation sites excluding steroid dienone is 2. The number of benzene rings is 3. The summed E-state index contributed by atoms with van der Waals surface area (Å²) in [5, 5.41) is 6.65. The number of amides is 2. The number of carbonyl (C=O) groups excluding carboxylic acids is 2. The number of para-hydroxylation sites is 1. The Kier molecular flexibility index (Phi) is 8.25. The average Bonchev–Trinajstić information content (AvgIpc) is 3.16. The van der Waals surface area contributed by atoms with Crippen molar-refractivity contribution in [2.75, 3.05) is 0 Å². The molecule has 8 heteroatoms. The fourth-order valence-corrected chi connectivity index (χ4v) is 3.73. The van der Waals surface area contributed by atoms with Crippen molar-refractivity contribution < 1.29 is 9.59 Å². The summed E-state index contributed by atoms with van der Waals surface area (Å²) in [6.07, 6.45) is 6.28. The van der Waals surface area contributed by atoms with Gasteiger partial charge < -0.3 is 5.32 Å². The summed E-state index contributed by atoms with van der Waals surface area (Å²) in [7, 11) is 1.78. The van der Waals surface area contributed by atoms with Gasteiger partial charge in [-0.15, -0.1) is 0 Å². The highest BCUT2D eigenvalue weighted by Crippen LogP contribution is 2.09. The number of nitrogens with one attached hydrogen (secondary N) is 2. The Morgan fingerprint density at radius 2 is 1.47 bits per heavy atom. The molecule has 4 aromatic rings. The number of nitrogens with zero attached hydrogens (tertiary/aromatic N) is 3. The lowest BCUT2D eigenvalue weighted by atomic mass is 10.2. The SMILES string of the molecule is Cc1c(C=NNC(=O)C(=CC=Cc2ccccc2)NC(=O)c2ccccc2)c(=O)n(-c2ccccc2)n1C. The Morgan fingerprint density at radius 1 is 0.868 bits per heavy atom. The minimum absolute atomic E-state index is 0.00494. The molecule has 0 aliphatic carbocycles. The van der Waals surface area contributed by atoms with Crippen LogP contribution in [0.5, 0.6) is 0 Å². The zero-order valence-corrected chi connectivity index (χ0v) is 21.0. The van der Waals surface area contributed by atoms with Gasteiger partial charge in [0.1, 0.15) is 5.70 Å². The number of aromatic nitrogens is 2. The van der Waals surface area contributed by atoms with E-state index in [1.165, 1.54) is 17.0 Å². The van der Waals surface area contributed by atoms with Crippen LogP contribution < -0.4 is 16.3 Å². The molecule has 2 N–H and O–H groups in total. The van der Waals surface area contributed by atoms with Crippen LogP contribution in [0, 0.1) is 6.92 Å². The summed E-state index contributed by atoms with van der Waals surface area (Å²) < 4.78 is 3.25. The van der Waals surface area contributed by atoms with Gasteiger partial charge in [0.15, 0.2) is 0 Å². The number of hydrazone groups is 1. The second-order valence-corrected chi connectivity index (χ2v) is 8.34. The molecular weight excluding hydrogens is 478 g/mol. The highest BCUT2D eigenvalue weighted by molar-refractivity contribution is 6.03. The molecular formula is C30H27N5O3. The largest absolute Gasteiger partial charge is 0.317 e. The van der Waals surface area contributed by atoms with Crippen LogP contribution in [-0.4, -0.2) is 27.4 Å². The van der Waals surface area contributed by atoms with E-state index in [1.54, 1.807) is 55.1 Å². The van der Waals surface area contributed by atoms with Crippen LogP contribution >= 0.6 is 0 Å². The van der Waals surface area contributed by atoms with E-state index in [2.05, 4.69) is 15.8 Å². The molecule has 4 rings (SSSR count). The summed E-state index contributed by atoms with van der Waals surface area (Å²) in [6.45, 7) is 1.80. The highest BCUT2D eigenvalue weighted by Gasteiger charge is 2.16. The highest BCUT2D eigenvalue weighted by atomic mass is 16.2. The van der Waals surface area contributed by atoms with E-state index >= 15 is 0 Å². The molecule has 190 valence electrons. The molecule has 0 atom stereocenters. The van der Waals surface area contributed by atoms with Gasteiger partial charge >= 0.3 is 0 Å². The molecule has 0 aliphatic heterocycles. The summed E-state index contributed by atoms with van der Waals surface area (Å²) in [4.78, 5) is 38.7. The van der Waals surface area contributed by atoms with E-state index in [1.807, 2.05) is 66.7 Å². The van der Waals surface area contributed by atoms with Gasteiger partial charge in [-0.3, -0.25) is 19.1 Å². The van der Waals surface area contributed by atoms with E-state index in [4.69, 9.17) is 0 Å². The Morgan fingerprint density at radius 3 is 2.13 bits per heavy atom. The molecule has 0 saturated carbocycles. The molecule has 3 aromatic carbocycles. The molecule has 2 amide bonds. The van der Waals surface area contributed by atoms with Gasteiger partial charge in [-0.2, -0.15) is 5.10 Å². The van der Waals surface area contributed by atoms with Gasteiger partial charge in [0.05, 0.1) is 17.5 Å². The molecule has 8 nitrogen and oxygen atoms in total. The molecule has 1 heterocycles. The first-order valence-corrected chi connectivity index (χ1v) is 11.9. The van der Waals surface area contributed by atoms with Crippen molar-refractivity contribution in [3.8, 4) is 5.69 Å². The molecule has 0 bridgehead atoms. The van der Waals surface area contributed by atoms with Gasteiger partial charge in [-0.05, 0) is 42.8 Å². The molecule has 0 unspecified atom stereocenters. The third kappa shape index (κ3) is 6.11. The molecule has 0 spiro atoms. The number of hydrogen-bond donors (Lipinski definition) is 2. The van der Waals surface area contributed by atoms with E-state index in [0.717, 1.165) is 5.56 Å². The average molecular weight is 506 g/mol. The fourth-order valence-electron chi connectivity index (χ4n) is 3.73. The second-order valence-electron chi connectivity index (χ2n) is 8.34. The lowest BCUT2D eigenvalue weighted by molar-refractivity contribution is -0.117. The van der Waals surface area contributed by atoms with Crippen molar-refractivity contribution in [1.82, 2.24) is 20.1 Å². The summed E-state index contributed by atoms with van der Waals surface area (Å²) in [5.41, 5.74) is 5.20. The van der Waals surface area contributed by atoms with Crippen LogP contribution in [0.15, 0.2) is 119 Å². The maximum atomic E-state index is 13.1. The second kappa shape index (κ2) is 12.1. The van der Waals surface area contributed by atoms with Crippen molar-refractivity contribution in [2.24, 2.45) is 12.1 Å². The maximum absolute atomic E-state index is 13.1. The van der Waals surface area contributed by atoms with Crippen molar-refractivity contribution in [1.29, 1.82) is 0 Å². The van der Waals surface area contributed by atoms with Crippen LogP contribution in [0.2, 0.25) is 0 Å². The Labute approximate surface area is 220 Å². The monoisotopic (exact) mass is 505 g/mol. The van der Waals surface area contributed by atoms with Gasteiger partial charge in [0.2, 0.25) is 0 Å². The van der Waals surface area contributed by atoms with Gasteiger partial charge in [0.25, 0.3) is 17.4 Å². The van der Waals surface area contributed by atoms with Crippen LogP contribution in [0.25, 0.3) is 11.8 Å². The molecule has 1 aromatic heterocycles. The fraction of sp³-hybridized carbons (Fsp3) is 0.0667. The van der Waals surface area contributed by atoms with Crippen molar-refractivity contribution in [3.05, 3.63) is 142 Å². The van der Waals surface area contributed by atoms with Crippen LogP contribution in [0.3, 0.4) is 0 Å². The summed E-state index contributed by atoms with van der Waals surface area (Å²) >= 11 is 0. The van der Waals surface area contributed by atoms with Crippen molar-refractivity contribution in [3.63, 3.8) is 0 Å². The Bertz CT molecular complexity index is 1560. The Hall–Kier alpha value is -5.24. The molecule has 0 fully saturated rings. The summed E-state index contributed by atoms with van der Waals surface area (Å²) in [6, 6.07) is 27.4. The Balaban J connectivity index is 1.55. The topological polar surface area (TPSA) is 97.5 Å². The smallest absolute Gasteiger partial charge is 0.287 e. The normalized spacial score (nSPS) is 11.7. The zero-order valence-electron chi connectivity index (χ0n) is 21.0. The van der Waals surface area contributed by atoms with E-state index in [9.17, 15) is 14.4 Å². The zero-order chi connectivity index (χ0) is 26.9. The van der Waals surface area contributed by atoms with E-state index in [-0.39, 0.29) is 11.3 Å². The molecule has 0 saturated heterocycles. The maximum Gasteiger partial charge on any atom is 0.287 e. The first-order chi connectivity index (χ1) is 18.5.